The minimum atomic E-state index is -0.791. The highest BCUT2D eigenvalue weighted by Gasteiger charge is 2.22. The first-order chi connectivity index (χ1) is 14.7. The van der Waals surface area contributed by atoms with Gasteiger partial charge in [-0.15, -0.1) is 0 Å². The van der Waals surface area contributed by atoms with Gasteiger partial charge in [-0.2, -0.15) is 0 Å². The zero-order valence-corrected chi connectivity index (χ0v) is 17.8. The van der Waals surface area contributed by atoms with E-state index in [1.54, 1.807) is 12.1 Å². The maximum Gasteiger partial charge on any atom is 0.407 e. The molecule has 1 atom stereocenters. The Morgan fingerprint density at radius 1 is 1.13 bits per heavy atom. The first-order valence-electron chi connectivity index (χ1n) is 10.1. The van der Waals surface area contributed by atoms with Crippen molar-refractivity contribution in [2.24, 2.45) is 11.1 Å². The first-order valence-corrected chi connectivity index (χ1v) is 10.1. The standard InChI is InChI=1S/C23H29F2N3O3/c1-23(2,14-26)15-27-21(29)12-19(11-17-10-18(24)8-9-20(17)25)28-22(30)31-13-16-6-4-3-5-7-16/h3-10,19H,11-15,26H2,1-2H3,(H,27,29)(H,28,30). The number of nitrogens with one attached hydrogen (secondary N) is 2. The summed E-state index contributed by atoms with van der Waals surface area (Å²) >= 11 is 0. The van der Waals surface area contributed by atoms with E-state index < -0.39 is 23.8 Å². The van der Waals surface area contributed by atoms with E-state index in [9.17, 15) is 18.4 Å². The molecule has 0 fully saturated rings. The zero-order chi connectivity index (χ0) is 22.9. The summed E-state index contributed by atoms with van der Waals surface area (Å²) in [4.78, 5) is 24.7. The van der Waals surface area contributed by atoms with E-state index in [0.717, 1.165) is 23.8 Å². The van der Waals surface area contributed by atoms with Gasteiger partial charge in [0.15, 0.2) is 0 Å². The van der Waals surface area contributed by atoms with Crippen molar-refractivity contribution in [3.8, 4) is 0 Å². The van der Waals surface area contributed by atoms with Crippen LogP contribution in [0.3, 0.4) is 0 Å². The Kier molecular flexibility index (Phi) is 8.93. The predicted molar refractivity (Wildman–Crippen MR) is 114 cm³/mol. The second kappa shape index (κ2) is 11.4. The Morgan fingerprint density at radius 2 is 1.84 bits per heavy atom. The number of hydrogen-bond acceptors (Lipinski definition) is 4. The Morgan fingerprint density at radius 3 is 2.52 bits per heavy atom. The molecule has 0 spiro atoms. The van der Waals surface area contributed by atoms with Crippen molar-refractivity contribution in [1.29, 1.82) is 0 Å². The summed E-state index contributed by atoms with van der Waals surface area (Å²) in [5.41, 5.74) is 6.24. The Hall–Kier alpha value is -3.00. The lowest BCUT2D eigenvalue weighted by Crippen LogP contribution is -2.43. The molecule has 0 bridgehead atoms. The molecule has 8 heteroatoms. The fourth-order valence-corrected chi connectivity index (χ4v) is 2.78. The number of rotatable bonds is 10. The van der Waals surface area contributed by atoms with Crippen LogP contribution in [-0.4, -0.2) is 31.1 Å². The molecule has 2 rings (SSSR count). The van der Waals surface area contributed by atoms with Crippen LogP contribution in [0.5, 0.6) is 0 Å². The van der Waals surface area contributed by atoms with Gasteiger partial charge in [0.2, 0.25) is 5.91 Å². The van der Waals surface area contributed by atoms with E-state index in [2.05, 4.69) is 10.6 Å². The average Bonchev–Trinajstić information content (AvgIpc) is 2.74. The maximum atomic E-state index is 14.1. The smallest absolute Gasteiger partial charge is 0.407 e. The number of nitrogens with two attached hydrogens (primary N) is 1. The number of alkyl carbamates (subject to hydrolysis) is 1. The van der Waals surface area contributed by atoms with E-state index >= 15 is 0 Å². The van der Waals surface area contributed by atoms with Crippen LogP contribution >= 0.6 is 0 Å². The van der Waals surface area contributed by atoms with Crippen LogP contribution in [0.25, 0.3) is 0 Å². The van der Waals surface area contributed by atoms with E-state index in [-0.39, 0.29) is 36.3 Å². The van der Waals surface area contributed by atoms with Gasteiger partial charge in [0.05, 0.1) is 0 Å². The van der Waals surface area contributed by atoms with Gasteiger partial charge in [0.1, 0.15) is 18.2 Å². The average molecular weight is 433 g/mol. The van der Waals surface area contributed by atoms with Crippen molar-refractivity contribution in [2.45, 2.75) is 39.3 Å². The lowest BCUT2D eigenvalue weighted by Gasteiger charge is -2.24. The molecule has 4 N–H and O–H groups in total. The lowest BCUT2D eigenvalue weighted by molar-refractivity contribution is -0.121. The number of carbonyl (C=O) groups is 2. The molecule has 0 saturated carbocycles. The molecule has 0 aliphatic heterocycles. The highest BCUT2D eigenvalue weighted by Crippen LogP contribution is 2.15. The number of ether oxygens (including phenoxy) is 1. The summed E-state index contributed by atoms with van der Waals surface area (Å²) in [5, 5.41) is 5.36. The van der Waals surface area contributed by atoms with Crippen LogP contribution in [-0.2, 0) is 22.6 Å². The predicted octanol–water partition coefficient (Wildman–Crippen LogP) is 3.29. The van der Waals surface area contributed by atoms with Crippen molar-refractivity contribution in [3.63, 3.8) is 0 Å². The number of halogens is 2. The summed E-state index contributed by atoms with van der Waals surface area (Å²) in [5.74, 6) is -1.56. The van der Waals surface area contributed by atoms with E-state index in [1.807, 2.05) is 32.0 Å². The van der Waals surface area contributed by atoms with Gasteiger partial charge in [-0.1, -0.05) is 44.2 Å². The second-order valence-corrected chi connectivity index (χ2v) is 8.19. The van der Waals surface area contributed by atoms with Gasteiger partial charge in [-0.25, -0.2) is 13.6 Å². The first kappa shape index (κ1) is 24.3. The molecule has 2 aromatic rings. The molecule has 1 unspecified atom stereocenters. The summed E-state index contributed by atoms with van der Waals surface area (Å²) in [6, 6.07) is 11.4. The highest BCUT2D eigenvalue weighted by molar-refractivity contribution is 5.77. The quantitative estimate of drug-likeness (QED) is 0.536. The molecule has 0 aliphatic rings. The highest BCUT2D eigenvalue weighted by atomic mass is 19.1. The van der Waals surface area contributed by atoms with Crippen molar-refractivity contribution < 1.29 is 23.1 Å². The van der Waals surface area contributed by atoms with Crippen molar-refractivity contribution >= 4 is 12.0 Å². The normalized spacial score (nSPS) is 12.2. The monoisotopic (exact) mass is 433 g/mol. The fourth-order valence-electron chi connectivity index (χ4n) is 2.78. The number of amides is 2. The molecule has 0 radical (unpaired) electrons. The Labute approximate surface area is 181 Å². The topological polar surface area (TPSA) is 93.5 Å². The molecule has 0 heterocycles. The van der Waals surface area contributed by atoms with Crippen LogP contribution < -0.4 is 16.4 Å². The summed E-state index contributed by atoms with van der Waals surface area (Å²) in [7, 11) is 0. The molecule has 0 aliphatic carbocycles. The van der Waals surface area contributed by atoms with Gasteiger partial charge in [0.25, 0.3) is 0 Å². The number of benzene rings is 2. The Balaban J connectivity index is 2.02. The Bertz CT molecular complexity index is 876. The third-order valence-electron chi connectivity index (χ3n) is 4.76. The van der Waals surface area contributed by atoms with Gasteiger partial charge >= 0.3 is 6.09 Å². The van der Waals surface area contributed by atoms with Crippen LogP contribution in [0.15, 0.2) is 48.5 Å². The summed E-state index contributed by atoms with van der Waals surface area (Å²) < 4.78 is 32.8. The van der Waals surface area contributed by atoms with Gasteiger partial charge in [0, 0.05) is 19.0 Å². The fraction of sp³-hybridized carbons (Fsp3) is 0.391. The van der Waals surface area contributed by atoms with E-state index in [0.29, 0.717) is 13.1 Å². The molecule has 168 valence electrons. The molecule has 31 heavy (non-hydrogen) atoms. The molecule has 2 aromatic carbocycles. The molecule has 6 nitrogen and oxygen atoms in total. The van der Waals surface area contributed by atoms with Crippen LogP contribution in [0, 0.1) is 17.0 Å². The van der Waals surface area contributed by atoms with Crippen LogP contribution in [0.2, 0.25) is 0 Å². The second-order valence-electron chi connectivity index (χ2n) is 8.19. The minimum absolute atomic E-state index is 0.0462. The number of hydrogen-bond donors (Lipinski definition) is 3. The largest absolute Gasteiger partial charge is 0.445 e. The van der Waals surface area contributed by atoms with Crippen LogP contribution in [0.1, 0.15) is 31.4 Å². The summed E-state index contributed by atoms with van der Waals surface area (Å²) in [6.45, 7) is 4.60. The zero-order valence-electron chi connectivity index (χ0n) is 17.8. The molecule has 2 amide bonds. The molecule has 0 saturated heterocycles. The van der Waals surface area contributed by atoms with Gasteiger partial charge in [-0.05, 0) is 47.7 Å². The van der Waals surface area contributed by atoms with Crippen molar-refractivity contribution in [2.75, 3.05) is 13.1 Å². The lowest BCUT2D eigenvalue weighted by atomic mass is 9.93. The summed E-state index contributed by atoms with van der Waals surface area (Å²) in [6.07, 6.45) is -0.949. The van der Waals surface area contributed by atoms with Crippen LogP contribution in [0.4, 0.5) is 13.6 Å². The minimum Gasteiger partial charge on any atom is -0.445 e. The third kappa shape index (κ3) is 8.72. The van der Waals surface area contributed by atoms with E-state index in [4.69, 9.17) is 10.5 Å². The van der Waals surface area contributed by atoms with Gasteiger partial charge in [-0.3, -0.25) is 4.79 Å². The number of carbonyl (C=O) groups excluding carboxylic acids is 2. The maximum absolute atomic E-state index is 14.1. The molecular formula is C23H29F2N3O3. The SMILES string of the molecule is CC(C)(CN)CNC(=O)CC(Cc1cc(F)ccc1F)NC(=O)OCc1ccccc1. The molecule has 0 aromatic heterocycles. The van der Waals surface area contributed by atoms with E-state index in [1.165, 1.54) is 0 Å². The third-order valence-corrected chi connectivity index (χ3v) is 4.76. The van der Waals surface area contributed by atoms with Crippen molar-refractivity contribution in [1.82, 2.24) is 10.6 Å². The van der Waals surface area contributed by atoms with Gasteiger partial charge < -0.3 is 21.1 Å². The van der Waals surface area contributed by atoms with Crippen molar-refractivity contribution in [3.05, 3.63) is 71.3 Å². The molecular weight excluding hydrogens is 404 g/mol.